The number of aromatic nitrogens is 2. The van der Waals surface area contributed by atoms with E-state index >= 15 is 0 Å². The number of benzene rings is 1. The first kappa shape index (κ1) is 21.2. The lowest BCUT2D eigenvalue weighted by Gasteiger charge is -2.34. The summed E-state index contributed by atoms with van der Waals surface area (Å²) >= 11 is 0. The third kappa shape index (κ3) is 4.21. The van der Waals surface area contributed by atoms with Gasteiger partial charge in [0.15, 0.2) is 0 Å². The average Bonchev–Trinajstić information content (AvgIpc) is 3.29. The van der Waals surface area contributed by atoms with Crippen molar-refractivity contribution in [3.63, 3.8) is 0 Å². The minimum atomic E-state index is -4.48. The molecule has 1 aromatic carbocycles. The molecule has 6 nitrogen and oxygen atoms in total. The second-order valence-electron chi connectivity index (χ2n) is 7.54. The molecule has 0 amide bonds. The zero-order valence-electron chi connectivity index (χ0n) is 16.2. The van der Waals surface area contributed by atoms with Gasteiger partial charge in [-0.25, -0.2) is 8.42 Å². The molecule has 2 heterocycles. The zero-order chi connectivity index (χ0) is 21.4. The van der Waals surface area contributed by atoms with E-state index in [4.69, 9.17) is 4.74 Å². The highest BCUT2D eigenvalue weighted by atomic mass is 32.2. The van der Waals surface area contributed by atoms with E-state index in [0.717, 1.165) is 25.0 Å². The van der Waals surface area contributed by atoms with Crippen LogP contribution in [0.4, 0.5) is 13.2 Å². The Labute approximate surface area is 173 Å². The van der Waals surface area contributed by atoms with Crippen LogP contribution in [-0.4, -0.2) is 47.6 Å². The zero-order valence-corrected chi connectivity index (χ0v) is 17.0. The van der Waals surface area contributed by atoms with Crippen LogP contribution >= 0.6 is 0 Å². The van der Waals surface area contributed by atoms with Gasteiger partial charge in [-0.3, -0.25) is 9.97 Å². The molecule has 10 heteroatoms. The van der Waals surface area contributed by atoms with Crippen molar-refractivity contribution in [2.45, 2.75) is 43.2 Å². The van der Waals surface area contributed by atoms with E-state index in [-0.39, 0.29) is 36.2 Å². The number of ether oxygens (including phenoxy) is 1. The van der Waals surface area contributed by atoms with Crippen molar-refractivity contribution in [3.05, 3.63) is 47.9 Å². The third-order valence-electron chi connectivity index (χ3n) is 5.61. The van der Waals surface area contributed by atoms with Crippen LogP contribution in [0.25, 0.3) is 11.3 Å². The minimum Gasteiger partial charge on any atom is -0.369 e. The van der Waals surface area contributed by atoms with Gasteiger partial charge in [0, 0.05) is 31.0 Å². The molecule has 2 aromatic rings. The van der Waals surface area contributed by atoms with Crippen molar-refractivity contribution < 1.29 is 26.3 Å². The molecule has 1 aromatic heterocycles. The summed E-state index contributed by atoms with van der Waals surface area (Å²) in [6.45, 7) is 0.521. The summed E-state index contributed by atoms with van der Waals surface area (Å²) in [7, 11) is -3.45. The average molecular weight is 441 g/mol. The van der Waals surface area contributed by atoms with Gasteiger partial charge in [-0.1, -0.05) is 25.0 Å². The molecule has 0 spiro atoms. The molecule has 0 unspecified atom stereocenters. The molecular weight excluding hydrogens is 419 g/mol. The standard InChI is InChI=1S/C20H22F3N3O3S/c21-20(22,23)15-5-3-4-14(12-15)18-19(25-9-8-24-18)17-13-26(10-11-29-17)30(27,28)16-6-1-2-7-16/h3-5,8-9,12,16-17H,1-2,6-7,10-11,13H2/t17-/m0/s1. The van der Waals surface area contributed by atoms with Crippen LogP contribution in [0.2, 0.25) is 0 Å². The SMILES string of the molecule is O=S(=O)(C1CCCC1)N1CCO[C@H](c2nccnc2-c2cccc(C(F)(F)F)c2)C1. The van der Waals surface area contributed by atoms with Crippen LogP contribution in [0.15, 0.2) is 36.7 Å². The Balaban J connectivity index is 1.64. The maximum atomic E-state index is 13.1. The molecule has 1 aliphatic carbocycles. The van der Waals surface area contributed by atoms with Crippen molar-refractivity contribution >= 4 is 10.0 Å². The largest absolute Gasteiger partial charge is 0.416 e. The number of hydrogen-bond acceptors (Lipinski definition) is 5. The number of halogens is 3. The molecule has 4 rings (SSSR count). The van der Waals surface area contributed by atoms with E-state index in [1.54, 1.807) is 0 Å². The first-order valence-electron chi connectivity index (χ1n) is 9.86. The second kappa shape index (κ2) is 8.24. The minimum absolute atomic E-state index is 0.0729. The fraction of sp³-hybridized carbons (Fsp3) is 0.500. The maximum Gasteiger partial charge on any atom is 0.416 e. The lowest BCUT2D eigenvalue weighted by atomic mass is 10.0. The Bertz CT molecular complexity index is 1010. The highest BCUT2D eigenvalue weighted by Gasteiger charge is 2.38. The van der Waals surface area contributed by atoms with E-state index in [1.807, 2.05) is 0 Å². The molecule has 0 radical (unpaired) electrons. The van der Waals surface area contributed by atoms with E-state index < -0.39 is 27.9 Å². The third-order valence-corrected chi connectivity index (χ3v) is 7.97. The molecule has 0 bridgehead atoms. The fourth-order valence-electron chi connectivity index (χ4n) is 4.07. The molecule has 2 aliphatic rings. The number of morpholine rings is 1. The van der Waals surface area contributed by atoms with Gasteiger partial charge in [0.05, 0.1) is 28.8 Å². The molecule has 1 atom stereocenters. The molecular formula is C20H22F3N3O3S. The van der Waals surface area contributed by atoms with Gasteiger partial charge in [0.25, 0.3) is 0 Å². The summed E-state index contributed by atoms with van der Waals surface area (Å²) < 4.78 is 72.6. The second-order valence-corrected chi connectivity index (χ2v) is 9.75. The van der Waals surface area contributed by atoms with E-state index in [2.05, 4.69) is 9.97 Å². The Kier molecular flexibility index (Phi) is 5.82. The van der Waals surface area contributed by atoms with Gasteiger partial charge >= 0.3 is 6.18 Å². The van der Waals surface area contributed by atoms with Crippen molar-refractivity contribution in [1.82, 2.24) is 14.3 Å². The van der Waals surface area contributed by atoms with Gasteiger partial charge in [0.2, 0.25) is 10.0 Å². The summed E-state index contributed by atoms with van der Waals surface area (Å²) in [6.07, 6.45) is 0.772. The molecule has 162 valence electrons. The lowest BCUT2D eigenvalue weighted by Crippen LogP contribution is -2.46. The van der Waals surface area contributed by atoms with E-state index in [9.17, 15) is 21.6 Å². The summed E-state index contributed by atoms with van der Waals surface area (Å²) in [5.41, 5.74) is 0.0655. The molecule has 2 fully saturated rings. The molecule has 0 N–H and O–H groups in total. The van der Waals surface area contributed by atoms with E-state index in [1.165, 1.54) is 28.8 Å². The van der Waals surface area contributed by atoms with Crippen LogP contribution in [0.1, 0.15) is 43.0 Å². The highest BCUT2D eigenvalue weighted by Crippen LogP contribution is 2.35. The number of alkyl halides is 3. The van der Waals surface area contributed by atoms with Crippen LogP contribution in [0.3, 0.4) is 0 Å². The summed E-state index contributed by atoms with van der Waals surface area (Å²) in [5.74, 6) is 0. The lowest BCUT2D eigenvalue weighted by molar-refractivity contribution is -0.137. The maximum absolute atomic E-state index is 13.1. The number of hydrogen-bond donors (Lipinski definition) is 0. The topological polar surface area (TPSA) is 72.4 Å². The molecule has 1 saturated heterocycles. The quantitative estimate of drug-likeness (QED) is 0.722. The number of sulfonamides is 1. The number of rotatable bonds is 4. The van der Waals surface area contributed by atoms with Crippen LogP contribution < -0.4 is 0 Å². The Morgan fingerprint density at radius 1 is 1.10 bits per heavy atom. The monoisotopic (exact) mass is 441 g/mol. The van der Waals surface area contributed by atoms with Gasteiger partial charge in [-0.15, -0.1) is 0 Å². The first-order chi connectivity index (χ1) is 14.3. The smallest absolute Gasteiger partial charge is 0.369 e. The highest BCUT2D eigenvalue weighted by molar-refractivity contribution is 7.89. The molecule has 1 aliphatic heterocycles. The van der Waals surface area contributed by atoms with Crippen LogP contribution in [-0.2, 0) is 20.9 Å². The predicted molar refractivity (Wildman–Crippen MR) is 104 cm³/mol. The van der Waals surface area contributed by atoms with Crippen molar-refractivity contribution in [3.8, 4) is 11.3 Å². The normalized spacial score (nSPS) is 21.8. The van der Waals surface area contributed by atoms with Crippen LogP contribution in [0.5, 0.6) is 0 Å². The Hall–Kier alpha value is -2.04. The Morgan fingerprint density at radius 2 is 1.83 bits per heavy atom. The first-order valence-corrected chi connectivity index (χ1v) is 11.4. The fourth-order valence-corrected chi connectivity index (χ4v) is 6.09. The Morgan fingerprint density at radius 3 is 2.57 bits per heavy atom. The summed E-state index contributed by atoms with van der Waals surface area (Å²) in [4.78, 5) is 8.53. The van der Waals surface area contributed by atoms with Gasteiger partial charge < -0.3 is 4.74 Å². The molecule has 1 saturated carbocycles. The summed E-state index contributed by atoms with van der Waals surface area (Å²) in [5, 5.41) is -0.374. The summed E-state index contributed by atoms with van der Waals surface area (Å²) in [6, 6.07) is 4.85. The van der Waals surface area contributed by atoms with Crippen molar-refractivity contribution in [2.75, 3.05) is 19.7 Å². The van der Waals surface area contributed by atoms with Gasteiger partial charge in [-0.2, -0.15) is 17.5 Å². The van der Waals surface area contributed by atoms with Gasteiger partial charge in [-0.05, 0) is 25.0 Å². The molecule has 30 heavy (non-hydrogen) atoms. The number of nitrogens with zero attached hydrogens (tertiary/aromatic N) is 3. The van der Waals surface area contributed by atoms with Crippen LogP contribution in [0, 0.1) is 0 Å². The predicted octanol–water partition coefficient (Wildman–Crippen LogP) is 3.81. The van der Waals surface area contributed by atoms with E-state index in [0.29, 0.717) is 18.5 Å². The van der Waals surface area contributed by atoms with Crippen molar-refractivity contribution in [2.24, 2.45) is 0 Å². The van der Waals surface area contributed by atoms with Gasteiger partial charge in [0.1, 0.15) is 6.10 Å². The van der Waals surface area contributed by atoms with Crippen molar-refractivity contribution in [1.29, 1.82) is 0 Å².